The monoisotopic (exact) mass is 529 g/mol. The molecule has 0 aliphatic carbocycles. The minimum atomic E-state index is -0.576. The lowest BCUT2D eigenvalue weighted by Gasteiger charge is -2.25. The minimum Gasteiger partial charge on any atom is -0.322 e. The summed E-state index contributed by atoms with van der Waals surface area (Å²) in [5.74, 6) is -0.275. The predicted molar refractivity (Wildman–Crippen MR) is 139 cm³/mol. The maximum Gasteiger partial charge on any atom is 0.271 e. The van der Waals surface area contributed by atoms with Crippen molar-refractivity contribution in [3.8, 4) is 0 Å². The van der Waals surface area contributed by atoms with Crippen LogP contribution in [0.25, 0.3) is 6.08 Å². The van der Waals surface area contributed by atoms with Crippen LogP contribution in [0.2, 0.25) is 0 Å². The van der Waals surface area contributed by atoms with E-state index < -0.39 is 6.04 Å². The van der Waals surface area contributed by atoms with E-state index in [2.05, 4.69) is 26.2 Å². The highest BCUT2D eigenvalue weighted by Gasteiger charge is 2.32. The zero-order valence-electron chi connectivity index (χ0n) is 18.2. The standard InChI is InChI=1S/C27H20BrN3O2S/c1-17-23(25(32)30-21-10-6-3-7-11-21)24(19-8-4-2-5-9-19)31-26(33)22(34-27(31)29-17)16-18-12-14-20(28)15-13-18/h2-16,24H,1H3,(H,30,32)/b22-16-/t24-/m0/s1. The summed E-state index contributed by atoms with van der Waals surface area (Å²) in [6.07, 6.45) is 1.86. The SMILES string of the molecule is CC1=C(C(=O)Nc2ccccc2)[C@H](c2ccccc2)n2c(s/c(=C\c3ccc(Br)cc3)c2=O)=N1. The fourth-order valence-electron chi connectivity index (χ4n) is 3.99. The molecule has 1 N–H and O–H groups in total. The van der Waals surface area contributed by atoms with Gasteiger partial charge in [-0.15, -0.1) is 0 Å². The number of carbonyl (C=O) groups is 1. The number of hydrogen-bond acceptors (Lipinski definition) is 4. The molecule has 2 heterocycles. The Morgan fingerprint density at radius 3 is 2.32 bits per heavy atom. The highest BCUT2D eigenvalue weighted by atomic mass is 79.9. The molecule has 34 heavy (non-hydrogen) atoms. The number of carbonyl (C=O) groups excluding carboxylic acids is 1. The third-order valence-corrected chi connectivity index (χ3v) is 7.09. The Morgan fingerprint density at radius 1 is 1.00 bits per heavy atom. The van der Waals surface area contributed by atoms with Gasteiger partial charge in [-0.1, -0.05) is 87.9 Å². The first-order valence-electron chi connectivity index (χ1n) is 10.7. The Kier molecular flexibility index (Phi) is 6.13. The third kappa shape index (κ3) is 4.32. The molecule has 1 atom stereocenters. The molecule has 5 nitrogen and oxygen atoms in total. The first-order valence-corrected chi connectivity index (χ1v) is 12.3. The predicted octanol–water partition coefficient (Wildman–Crippen LogP) is 4.64. The molecule has 1 amide bonds. The highest BCUT2D eigenvalue weighted by molar-refractivity contribution is 9.10. The molecule has 0 saturated heterocycles. The molecule has 3 aromatic carbocycles. The Hall–Kier alpha value is -3.55. The molecule has 0 saturated carbocycles. The van der Waals surface area contributed by atoms with Gasteiger partial charge in [0.25, 0.3) is 11.5 Å². The van der Waals surface area contributed by atoms with Crippen molar-refractivity contribution >= 4 is 44.9 Å². The number of rotatable bonds is 4. The second kappa shape index (κ2) is 9.37. The summed E-state index contributed by atoms with van der Waals surface area (Å²) in [4.78, 5) is 32.3. The van der Waals surface area contributed by atoms with Crippen molar-refractivity contribution in [2.24, 2.45) is 4.99 Å². The van der Waals surface area contributed by atoms with Crippen molar-refractivity contribution in [1.29, 1.82) is 0 Å². The van der Waals surface area contributed by atoms with Crippen LogP contribution in [0.5, 0.6) is 0 Å². The van der Waals surface area contributed by atoms with Crippen LogP contribution in [0.15, 0.2) is 110 Å². The van der Waals surface area contributed by atoms with Gasteiger partial charge in [0, 0.05) is 10.2 Å². The van der Waals surface area contributed by atoms with Crippen LogP contribution in [0, 0.1) is 0 Å². The van der Waals surface area contributed by atoms with Crippen LogP contribution in [0.3, 0.4) is 0 Å². The second-order valence-corrected chi connectivity index (χ2v) is 9.79. The lowest BCUT2D eigenvalue weighted by atomic mass is 9.95. The molecule has 1 aliphatic rings. The van der Waals surface area contributed by atoms with E-state index in [0.29, 0.717) is 26.3 Å². The Bertz CT molecular complexity index is 1570. The van der Waals surface area contributed by atoms with E-state index in [0.717, 1.165) is 15.6 Å². The van der Waals surface area contributed by atoms with Crippen LogP contribution in [0.1, 0.15) is 24.1 Å². The first kappa shape index (κ1) is 22.3. The number of benzene rings is 3. The largest absolute Gasteiger partial charge is 0.322 e. The van der Waals surface area contributed by atoms with E-state index in [4.69, 9.17) is 0 Å². The Labute approximate surface area is 208 Å². The number of aromatic nitrogens is 1. The van der Waals surface area contributed by atoms with Gasteiger partial charge in [0.05, 0.1) is 21.8 Å². The van der Waals surface area contributed by atoms with E-state index in [-0.39, 0.29) is 11.5 Å². The average molecular weight is 530 g/mol. The van der Waals surface area contributed by atoms with E-state index in [1.54, 1.807) is 4.57 Å². The number of nitrogens with zero attached hydrogens (tertiary/aromatic N) is 2. The summed E-state index contributed by atoms with van der Waals surface area (Å²) in [6.45, 7) is 1.82. The first-order chi connectivity index (χ1) is 16.5. The number of halogens is 1. The molecule has 0 bridgehead atoms. The number of thiazole rings is 1. The molecule has 168 valence electrons. The zero-order valence-corrected chi connectivity index (χ0v) is 20.6. The van der Waals surface area contributed by atoms with Gasteiger partial charge in [0.1, 0.15) is 0 Å². The van der Waals surface area contributed by atoms with Crippen LogP contribution >= 0.6 is 27.3 Å². The fourth-order valence-corrected chi connectivity index (χ4v) is 5.30. The normalized spacial score (nSPS) is 15.6. The van der Waals surface area contributed by atoms with E-state index in [9.17, 15) is 9.59 Å². The van der Waals surface area contributed by atoms with Crippen molar-refractivity contribution in [3.63, 3.8) is 0 Å². The van der Waals surface area contributed by atoms with Crippen molar-refractivity contribution in [2.75, 3.05) is 5.32 Å². The maximum atomic E-state index is 13.6. The van der Waals surface area contributed by atoms with Gasteiger partial charge in [-0.25, -0.2) is 4.99 Å². The fraction of sp³-hybridized carbons (Fsp3) is 0.0741. The van der Waals surface area contributed by atoms with Crippen LogP contribution in [-0.2, 0) is 4.79 Å². The smallest absolute Gasteiger partial charge is 0.271 e. The molecule has 0 radical (unpaired) electrons. The lowest BCUT2D eigenvalue weighted by molar-refractivity contribution is -0.113. The number of fused-ring (bicyclic) bond motifs is 1. The Morgan fingerprint density at radius 2 is 1.65 bits per heavy atom. The molecule has 7 heteroatoms. The van der Waals surface area contributed by atoms with Crippen molar-refractivity contribution in [3.05, 3.63) is 131 Å². The topological polar surface area (TPSA) is 63.5 Å². The van der Waals surface area contributed by atoms with Gasteiger partial charge in [-0.05, 0) is 48.4 Å². The number of amides is 1. The molecular weight excluding hydrogens is 510 g/mol. The third-order valence-electron chi connectivity index (χ3n) is 5.58. The summed E-state index contributed by atoms with van der Waals surface area (Å²) < 4.78 is 3.18. The highest BCUT2D eigenvalue weighted by Crippen LogP contribution is 2.30. The molecule has 0 fully saturated rings. The molecule has 0 spiro atoms. The number of anilines is 1. The van der Waals surface area contributed by atoms with E-state index >= 15 is 0 Å². The van der Waals surface area contributed by atoms with E-state index in [1.807, 2.05) is 97.9 Å². The van der Waals surface area contributed by atoms with Gasteiger partial charge >= 0.3 is 0 Å². The molecule has 0 unspecified atom stereocenters. The van der Waals surface area contributed by atoms with Gasteiger partial charge in [0.15, 0.2) is 4.80 Å². The van der Waals surface area contributed by atoms with Crippen LogP contribution in [-0.4, -0.2) is 10.5 Å². The van der Waals surface area contributed by atoms with Crippen molar-refractivity contribution in [1.82, 2.24) is 4.57 Å². The molecule has 1 aromatic heterocycles. The molecule has 1 aliphatic heterocycles. The lowest BCUT2D eigenvalue weighted by Crippen LogP contribution is -2.40. The van der Waals surface area contributed by atoms with Crippen LogP contribution in [0.4, 0.5) is 5.69 Å². The molecule has 4 aromatic rings. The molecular formula is C27H20BrN3O2S. The van der Waals surface area contributed by atoms with Gasteiger partial charge in [-0.2, -0.15) is 0 Å². The van der Waals surface area contributed by atoms with E-state index in [1.165, 1.54) is 11.3 Å². The summed E-state index contributed by atoms with van der Waals surface area (Å²) in [5, 5.41) is 2.96. The number of allylic oxidation sites excluding steroid dienone is 1. The zero-order chi connectivity index (χ0) is 23.7. The number of hydrogen-bond donors (Lipinski definition) is 1. The quantitative estimate of drug-likeness (QED) is 0.418. The number of nitrogens with one attached hydrogen (secondary N) is 1. The van der Waals surface area contributed by atoms with Gasteiger partial charge in [0.2, 0.25) is 0 Å². The molecule has 5 rings (SSSR count). The maximum absolute atomic E-state index is 13.6. The van der Waals surface area contributed by atoms with Gasteiger partial charge in [-0.3, -0.25) is 14.2 Å². The minimum absolute atomic E-state index is 0.168. The summed E-state index contributed by atoms with van der Waals surface area (Å²) in [6, 6.07) is 26.1. The Balaban J connectivity index is 1.66. The number of para-hydroxylation sites is 1. The summed E-state index contributed by atoms with van der Waals surface area (Å²) in [7, 11) is 0. The van der Waals surface area contributed by atoms with Crippen molar-refractivity contribution < 1.29 is 4.79 Å². The average Bonchev–Trinajstić information content (AvgIpc) is 3.15. The summed E-state index contributed by atoms with van der Waals surface area (Å²) >= 11 is 4.77. The summed E-state index contributed by atoms with van der Waals surface area (Å²) in [5.41, 5.74) is 3.34. The van der Waals surface area contributed by atoms with Crippen molar-refractivity contribution in [2.45, 2.75) is 13.0 Å². The second-order valence-electron chi connectivity index (χ2n) is 7.86. The van der Waals surface area contributed by atoms with Crippen LogP contribution < -0.4 is 20.2 Å². The van der Waals surface area contributed by atoms with Gasteiger partial charge < -0.3 is 5.32 Å².